The van der Waals surface area contributed by atoms with Gasteiger partial charge in [0.15, 0.2) is 0 Å². The van der Waals surface area contributed by atoms with Crippen LogP contribution in [0.4, 0.5) is 0 Å². The van der Waals surface area contributed by atoms with Gasteiger partial charge in [0.1, 0.15) is 11.4 Å². The Hall–Kier alpha value is -1.46. The highest BCUT2D eigenvalue weighted by atomic mass is 16.3. The molecule has 0 fully saturated rings. The third kappa shape index (κ3) is 12.7. The summed E-state index contributed by atoms with van der Waals surface area (Å²) >= 11 is 0. The number of hydrogen-bond donors (Lipinski definition) is 2. The highest BCUT2D eigenvalue weighted by Gasteiger charge is 2.12. The minimum Gasteiger partial charge on any atom is -0.507 e. The van der Waals surface area contributed by atoms with Gasteiger partial charge in [-0.3, -0.25) is 0 Å². The third-order valence-electron chi connectivity index (χ3n) is 5.79. The molecule has 0 aromatic heterocycles. The van der Waals surface area contributed by atoms with Crippen molar-refractivity contribution in [2.24, 2.45) is 0 Å². The maximum Gasteiger partial charge on any atom is 0.131 e. The summed E-state index contributed by atoms with van der Waals surface area (Å²) in [4.78, 5) is 0. The van der Waals surface area contributed by atoms with Crippen LogP contribution in [0.5, 0.6) is 5.75 Å². The van der Waals surface area contributed by atoms with Crippen LogP contribution in [0.15, 0.2) is 18.2 Å². The molecule has 1 aromatic rings. The zero-order valence-corrected chi connectivity index (χ0v) is 19.2. The number of phenols is 1. The van der Waals surface area contributed by atoms with Gasteiger partial charge in [-0.15, -0.1) is 0 Å². The van der Waals surface area contributed by atoms with Crippen LogP contribution in [0, 0.1) is 11.8 Å². The smallest absolute Gasteiger partial charge is 0.131 e. The largest absolute Gasteiger partial charge is 0.507 e. The second-order valence-corrected chi connectivity index (χ2v) is 8.72. The summed E-state index contributed by atoms with van der Waals surface area (Å²) in [5.41, 5.74) is 0.755. The summed E-state index contributed by atoms with van der Waals surface area (Å²) in [6.07, 6.45) is 19.3. The van der Waals surface area contributed by atoms with Crippen LogP contribution in [0.1, 0.15) is 122 Å². The fourth-order valence-electron chi connectivity index (χ4n) is 3.48. The number of unbranched alkanes of at least 4 members (excludes halogenated alkanes) is 12. The van der Waals surface area contributed by atoms with Gasteiger partial charge in [-0.2, -0.15) is 0 Å². The zero-order chi connectivity index (χ0) is 21.4. The van der Waals surface area contributed by atoms with Crippen molar-refractivity contribution in [2.45, 2.75) is 123 Å². The highest BCUT2D eigenvalue weighted by Crippen LogP contribution is 2.20. The summed E-state index contributed by atoms with van der Waals surface area (Å²) in [6.45, 7) is 5.87. The maximum absolute atomic E-state index is 10.2. The Morgan fingerprint density at radius 2 is 1.31 bits per heavy atom. The van der Waals surface area contributed by atoms with E-state index in [1.807, 2.05) is 25.1 Å². The number of benzene rings is 1. The molecule has 0 aliphatic rings. The van der Waals surface area contributed by atoms with Crippen LogP contribution in [-0.4, -0.2) is 15.8 Å². The van der Waals surface area contributed by atoms with E-state index in [1.54, 1.807) is 6.92 Å². The fraction of sp³-hybridized carbons (Fsp3) is 0.704. The molecule has 0 bridgehead atoms. The topological polar surface area (TPSA) is 40.5 Å². The first-order chi connectivity index (χ1) is 14.0. The molecule has 0 aliphatic carbocycles. The van der Waals surface area contributed by atoms with Crippen molar-refractivity contribution in [1.82, 2.24) is 0 Å². The van der Waals surface area contributed by atoms with E-state index in [-0.39, 0.29) is 5.75 Å². The average molecular weight is 401 g/mol. The average Bonchev–Trinajstić information content (AvgIpc) is 2.71. The quantitative estimate of drug-likeness (QED) is 0.236. The molecule has 1 aromatic carbocycles. The summed E-state index contributed by atoms with van der Waals surface area (Å²) in [5, 5.41) is 20.1. The van der Waals surface area contributed by atoms with E-state index in [1.165, 1.54) is 89.0 Å². The first-order valence-electron chi connectivity index (χ1n) is 12.1. The Morgan fingerprint density at radius 1 is 0.793 bits per heavy atom. The molecule has 0 amide bonds. The molecule has 1 rings (SSSR count). The van der Waals surface area contributed by atoms with Crippen LogP contribution in [-0.2, 0) is 6.42 Å². The van der Waals surface area contributed by atoms with Gasteiger partial charge in [-0.1, -0.05) is 109 Å². The molecule has 2 N–H and O–H groups in total. The van der Waals surface area contributed by atoms with Crippen LogP contribution < -0.4 is 0 Å². The van der Waals surface area contributed by atoms with Gasteiger partial charge in [0.25, 0.3) is 0 Å². The number of aryl methyl sites for hydroxylation is 1. The Kier molecular flexibility index (Phi) is 13.6. The molecule has 0 saturated carbocycles. The van der Waals surface area contributed by atoms with E-state index in [0.717, 1.165) is 6.42 Å². The van der Waals surface area contributed by atoms with Gasteiger partial charge in [0.05, 0.1) is 5.56 Å². The molecule has 0 radical (unpaired) electrons. The molecule has 164 valence electrons. The number of hydrogen-bond acceptors (Lipinski definition) is 2. The minimum absolute atomic E-state index is 0.219. The highest BCUT2D eigenvalue weighted by molar-refractivity contribution is 5.48. The summed E-state index contributed by atoms with van der Waals surface area (Å²) < 4.78 is 0. The number of phenolic OH excluding ortho intramolecular Hbond substituents is 1. The van der Waals surface area contributed by atoms with E-state index in [2.05, 4.69) is 18.8 Å². The number of aliphatic hydroxyl groups is 1. The van der Waals surface area contributed by atoms with Crippen molar-refractivity contribution in [1.29, 1.82) is 0 Å². The Morgan fingerprint density at radius 3 is 1.79 bits per heavy atom. The van der Waals surface area contributed by atoms with Gasteiger partial charge in [-0.25, -0.2) is 0 Å². The van der Waals surface area contributed by atoms with Crippen molar-refractivity contribution in [3.8, 4) is 17.6 Å². The summed E-state index contributed by atoms with van der Waals surface area (Å²) in [6, 6.07) is 5.74. The van der Waals surface area contributed by atoms with Crippen molar-refractivity contribution < 1.29 is 10.2 Å². The Labute approximate surface area is 180 Å². The summed E-state index contributed by atoms with van der Waals surface area (Å²) in [7, 11) is 0. The second-order valence-electron chi connectivity index (χ2n) is 8.72. The van der Waals surface area contributed by atoms with Crippen LogP contribution >= 0.6 is 0 Å². The normalized spacial score (nSPS) is 13.0. The van der Waals surface area contributed by atoms with E-state index in [0.29, 0.717) is 12.0 Å². The zero-order valence-electron chi connectivity index (χ0n) is 19.2. The van der Waals surface area contributed by atoms with Crippen molar-refractivity contribution >= 4 is 0 Å². The molecule has 0 saturated heterocycles. The van der Waals surface area contributed by atoms with Crippen molar-refractivity contribution in [3.05, 3.63) is 29.3 Å². The molecule has 2 nitrogen and oxygen atoms in total. The van der Waals surface area contributed by atoms with E-state index in [9.17, 15) is 10.2 Å². The van der Waals surface area contributed by atoms with E-state index < -0.39 is 5.60 Å². The SMILES string of the molecule is CCCCCCCCCCCCCCCc1ccc(C#CC(C)(O)CC)c(O)c1. The molecule has 0 aliphatic heterocycles. The predicted octanol–water partition coefficient (Wildman–Crippen LogP) is 7.54. The molecular formula is C27H44O2. The predicted molar refractivity (Wildman–Crippen MR) is 125 cm³/mol. The van der Waals surface area contributed by atoms with Crippen molar-refractivity contribution in [2.75, 3.05) is 0 Å². The van der Waals surface area contributed by atoms with E-state index >= 15 is 0 Å². The monoisotopic (exact) mass is 400 g/mol. The Bertz CT molecular complexity index is 607. The molecule has 2 heteroatoms. The lowest BCUT2D eigenvalue weighted by molar-refractivity contribution is 0.118. The first-order valence-corrected chi connectivity index (χ1v) is 12.1. The summed E-state index contributed by atoms with van der Waals surface area (Å²) in [5.74, 6) is 5.94. The number of rotatable bonds is 15. The lowest BCUT2D eigenvalue weighted by Crippen LogP contribution is -2.19. The van der Waals surface area contributed by atoms with Gasteiger partial charge in [-0.05, 0) is 43.9 Å². The third-order valence-corrected chi connectivity index (χ3v) is 5.79. The van der Waals surface area contributed by atoms with Gasteiger partial charge in [0.2, 0.25) is 0 Å². The minimum atomic E-state index is -1.00. The van der Waals surface area contributed by atoms with Gasteiger partial charge < -0.3 is 10.2 Å². The number of aromatic hydroxyl groups is 1. The van der Waals surface area contributed by atoms with Crippen LogP contribution in [0.25, 0.3) is 0 Å². The lowest BCUT2D eigenvalue weighted by Gasteiger charge is -2.12. The van der Waals surface area contributed by atoms with Gasteiger partial charge in [0, 0.05) is 0 Å². The van der Waals surface area contributed by atoms with Gasteiger partial charge >= 0.3 is 0 Å². The molecule has 1 unspecified atom stereocenters. The molecule has 0 spiro atoms. The van der Waals surface area contributed by atoms with Crippen LogP contribution in [0.2, 0.25) is 0 Å². The molecule has 1 atom stereocenters. The maximum atomic E-state index is 10.2. The Balaban J connectivity index is 2.11. The second kappa shape index (κ2) is 15.4. The molecular weight excluding hydrogens is 356 g/mol. The molecule has 0 heterocycles. The van der Waals surface area contributed by atoms with Crippen LogP contribution in [0.3, 0.4) is 0 Å². The molecule has 29 heavy (non-hydrogen) atoms. The fourth-order valence-corrected chi connectivity index (χ4v) is 3.48. The standard InChI is InChI=1S/C27H44O2/c1-4-6-7-8-9-10-11-12-13-14-15-16-17-18-24-19-20-25(26(28)23-24)21-22-27(3,29)5-2/h19-20,23,28-29H,4-18H2,1-3H3. The first kappa shape index (κ1) is 25.6. The van der Waals surface area contributed by atoms with E-state index in [4.69, 9.17) is 0 Å². The van der Waals surface area contributed by atoms with Crippen molar-refractivity contribution in [3.63, 3.8) is 0 Å². The lowest BCUT2D eigenvalue weighted by atomic mass is 10.0.